The van der Waals surface area contributed by atoms with E-state index < -0.39 is 21.4 Å². The first-order valence-electron chi connectivity index (χ1n) is 5.51. The maximum Gasteiger partial charge on any atom is 1.00 e. The zero-order valence-electron chi connectivity index (χ0n) is 11.8. The fourth-order valence-electron chi connectivity index (χ4n) is 2.24. The number of hydrogen-bond donors (Lipinski definition) is 0. The van der Waals surface area contributed by atoms with Crippen LogP contribution < -0.4 is 59.1 Å². The molecule has 0 spiro atoms. The zero-order valence-corrected chi connectivity index (χ0v) is 17.5. The number of ketones is 1. The zero-order chi connectivity index (χ0) is 14.4. The summed E-state index contributed by atoms with van der Waals surface area (Å²) in [7, 11) is -4.83. The summed E-state index contributed by atoms with van der Waals surface area (Å²) >= 11 is 0. The number of benzene rings is 2. The molecule has 1 aliphatic carbocycles. The van der Waals surface area contributed by atoms with Gasteiger partial charge in [-0.15, -0.1) is 0 Å². The standard InChI is InChI=1S/C13H6O5S2.2Na/c14-13-11-5-7(19(15)16)1-3-9(11)10-4-2-8(20(17)18)6-12(10)13;;/h1-6H;;/q-2;2*+1. The first-order valence-corrected chi connectivity index (χ1v) is 7.65. The first-order chi connectivity index (χ1) is 9.49. The summed E-state index contributed by atoms with van der Waals surface area (Å²) in [6.45, 7) is 0. The SMILES string of the molecule is O=C1c2cc([S-](=O)=O)ccc2-c2ccc([S-](=O)=O)cc21.[Na+].[Na+]. The third-order valence-corrected chi connectivity index (χ3v) is 4.42. The second-order valence-electron chi connectivity index (χ2n) is 4.21. The van der Waals surface area contributed by atoms with E-state index in [2.05, 4.69) is 0 Å². The van der Waals surface area contributed by atoms with Gasteiger partial charge < -0.3 is 16.8 Å². The average molecular weight is 352 g/mol. The number of fused-ring (bicyclic) bond motifs is 3. The van der Waals surface area contributed by atoms with Gasteiger partial charge in [-0.25, -0.2) is 0 Å². The van der Waals surface area contributed by atoms with Crippen LogP contribution in [0.1, 0.15) is 15.9 Å². The summed E-state index contributed by atoms with van der Waals surface area (Å²) in [5.41, 5.74) is 1.77. The van der Waals surface area contributed by atoms with Gasteiger partial charge in [0.25, 0.3) is 0 Å². The van der Waals surface area contributed by atoms with Crippen LogP contribution in [0.15, 0.2) is 46.2 Å². The topological polar surface area (TPSA) is 85.3 Å². The molecule has 0 unspecified atom stereocenters. The van der Waals surface area contributed by atoms with Crippen molar-refractivity contribution in [3.8, 4) is 11.1 Å². The smallest absolute Gasteiger partial charge is 0.420 e. The molecule has 2 aromatic rings. The van der Waals surface area contributed by atoms with Crippen molar-refractivity contribution < 1.29 is 80.7 Å². The Kier molecular flexibility index (Phi) is 7.04. The van der Waals surface area contributed by atoms with Crippen molar-refractivity contribution in [2.24, 2.45) is 0 Å². The molecule has 0 saturated carbocycles. The molecule has 3 rings (SSSR count). The van der Waals surface area contributed by atoms with Gasteiger partial charge in [-0.2, -0.15) is 0 Å². The van der Waals surface area contributed by atoms with Gasteiger partial charge in [0.2, 0.25) is 0 Å². The molecule has 0 fully saturated rings. The van der Waals surface area contributed by atoms with Crippen LogP contribution in [0.3, 0.4) is 0 Å². The summed E-state index contributed by atoms with van der Waals surface area (Å²) < 4.78 is 43.7. The van der Waals surface area contributed by atoms with Gasteiger partial charge in [-0.3, -0.25) is 4.79 Å². The predicted octanol–water partition coefficient (Wildman–Crippen LogP) is -3.76. The maximum atomic E-state index is 12.2. The molecule has 0 aliphatic heterocycles. The van der Waals surface area contributed by atoms with E-state index in [-0.39, 0.29) is 85.8 Å². The van der Waals surface area contributed by atoms with E-state index in [1.54, 1.807) is 12.1 Å². The van der Waals surface area contributed by atoms with Gasteiger partial charge in [-0.05, 0) is 32.5 Å². The van der Waals surface area contributed by atoms with Gasteiger partial charge in [0.15, 0.2) is 5.78 Å². The van der Waals surface area contributed by atoms with Crippen molar-refractivity contribution >= 4 is 27.2 Å². The Morgan fingerprint density at radius 1 is 0.591 bits per heavy atom. The third kappa shape index (κ3) is 3.42. The maximum absolute atomic E-state index is 12.2. The average Bonchev–Trinajstić information content (AvgIpc) is 2.71. The molecule has 0 N–H and O–H groups in total. The number of carbonyl (C=O) groups is 1. The van der Waals surface area contributed by atoms with Crippen molar-refractivity contribution in [3.63, 3.8) is 0 Å². The molecule has 0 atom stereocenters. The molecule has 0 heterocycles. The molecule has 22 heavy (non-hydrogen) atoms. The van der Waals surface area contributed by atoms with E-state index >= 15 is 0 Å². The predicted molar refractivity (Wildman–Crippen MR) is 69.3 cm³/mol. The molecule has 2 aromatic carbocycles. The molecule has 0 bridgehead atoms. The summed E-state index contributed by atoms with van der Waals surface area (Å²) in [5, 5.41) is 0. The van der Waals surface area contributed by atoms with Crippen LogP contribution >= 0.6 is 0 Å². The molecule has 1 aliphatic rings. The van der Waals surface area contributed by atoms with E-state index in [1.807, 2.05) is 0 Å². The summed E-state index contributed by atoms with van der Waals surface area (Å²) in [5.74, 6) is -0.366. The van der Waals surface area contributed by atoms with Gasteiger partial charge in [0, 0.05) is 11.1 Å². The normalized spacial score (nSPS) is 11.6. The van der Waals surface area contributed by atoms with Crippen LogP contribution in [0.5, 0.6) is 0 Å². The van der Waals surface area contributed by atoms with E-state index in [0.29, 0.717) is 11.1 Å². The van der Waals surface area contributed by atoms with Crippen molar-refractivity contribution in [1.82, 2.24) is 0 Å². The van der Waals surface area contributed by atoms with Crippen molar-refractivity contribution in [2.45, 2.75) is 9.79 Å². The van der Waals surface area contributed by atoms with Crippen LogP contribution in [-0.2, 0) is 38.2 Å². The van der Waals surface area contributed by atoms with Crippen LogP contribution in [-0.4, -0.2) is 5.78 Å². The fourth-order valence-corrected chi connectivity index (χ4v) is 3.03. The second-order valence-corrected chi connectivity index (χ2v) is 6.09. The molecular formula is C13H6Na2O5S2. The van der Waals surface area contributed by atoms with E-state index in [1.165, 1.54) is 24.3 Å². The molecule has 0 amide bonds. The van der Waals surface area contributed by atoms with Crippen LogP contribution in [0, 0.1) is 0 Å². The Balaban J connectivity index is 0.00000121. The molecule has 0 saturated heterocycles. The minimum absolute atomic E-state index is 0. The monoisotopic (exact) mass is 352 g/mol. The minimum Gasteiger partial charge on any atom is -0.420 e. The van der Waals surface area contributed by atoms with Crippen LogP contribution in [0.25, 0.3) is 11.1 Å². The fraction of sp³-hybridized carbons (Fsp3) is 0. The minimum atomic E-state index is -2.41. The van der Waals surface area contributed by atoms with Crippen molar-refractivity contribution in [3.05, 3.63) is 47.5 Å². The largest absolute Gasteiger partial charge is 1.00 e. The molecule has 5 nitrogen and oxygen atoms in total. The second kappa shape index (κ2) is 7.72. The summed E-state index contributed by atoms with van der Waals surface area (Å²) in [6, 6.07) is 8.52. The molecule has 0 radical (unpaired) electrons. The van der Waals surface area contributed by atoms with Crippen molar-refractivity contribution in [1.29, 1.82) is 0 Å². The Hall–Kier alpha value is 0.0100. The summed E-state index contributed by atoms with van der Waals surface area (Å²) in [6.07, 6.45) is 0. The van der Waals surface area contributed by atoms with Crippen LogP contribution in [0.2, 0.25) is 0 Å². The van der Waals surface area contributed by atoms with Gasteiger partial charge in [-0.1, -0.05) is 46.2 Å². The Morgan fingerprint density at radius 2 is 0.955 bits per heavy atom. The van der Waals surface area contributed by atoms with E-state index in [9.17, 15) is 21.6 Å². The first kappa shape index (κ1) is 20.1. The quantitative estimate of drug-likeness (QED) is 0.349. The summed E-state index contributed by atoms with van der Waals surface area (Å²) in [4.78, 5) is 12.3. The number of rotatable bonds is 2. The Labute approximate surface area is 174 Å². The molecule has 0 aromatic heterocycles. The Morgan fingerprint density at radius 3 is 1.27 bits per heavy atom. The third-order valence-electron chi connectivity index (χ3n) is 3.15. The molecule has 102 valence electrons. The van der Waals surface area contributed by atoms with E-state index in [4.69, 9.17) is 0 Å². The Bertz CT molecular complexity index is 827. The van der Waals surface area contributed by atoms with E-state index in [0.717, 1.165) is 0 Å². The van der Waals surface area contributed by atoms with Crippen molar-refractivity contribution in [2.75, 3.05) is 0 Å². The molecule has 9 heteroatoms. The van der Waals surface area contributed by atoms with Gasteiger partial charge >= 0.3 is 59.1 Å². The van der Waals surface area contributed by atoms with Crippen LogP contribution in [0.4, 0.5) is 0 Å². The number of hydrogen-bond acceptors (Lipinski definition) is 7. The van der Waals surface area contributed by atoms with Gasteiger partial charge in [0.05, 0.1) is 0 Å². The molecular weight excluding hydrogens is 346 g/mol. The number of carbonyl (C=O) groups excluding carboxylic acids is 1. The van der Waals surface area contributed by atoms with Gasteiger partial charge in [0.1, 0.15) is 0 Å².